The molecule has 1 aliphatic carbocycles. The van der Waals surface area contributed by atoms with Crippen molar-refractivity contribution >= 4 is 18.2 Å². The van der Waals surface area contributed by atoms with Gasteiger partial charge in [-0.25, -0.2) is 15.0 Å². The number of hydrogen-bond donors (Lipinski definition) is 3. The molecule has 0 bridgehead atoms. The second-order valence-electron chi connectivity index (χ2n) is 5.11. The molecule has 0 spiro atoms. The molecular weight excluding hydrogens is 270 g/mol. The van der Waals surface area contributed by atoms with Crippen molar-refractivity contribution in [3.8, 4) is 0 Å². The lowest BCUT2D eigenvalue weighted by molar-refractivity contribution is 0.0697. The number of carbonyl (C=O) groups is 2. The minimum absolute atomic E-state index is 0.218. The lowest BCUT2D eigenvalue weighted by Crippen LogP contribution is -2.41. The van der Waals surface area contributed by atoms with Crippen molar-refractivity contribution in [1.29, 1.82) is 0 Å². The van der Waals surface area contributed by atoms with Gasteiger partial charge in [0.15, 0.2) is 0 Å². The van der Waals surface area contributed by atoms with E-state index in [0.717, 1.165) is 31.2 Å². The summed E-state index contributed by atoms with van der Waals surface area (Å²) in [5.74, 6) is -0.969. The Bertz CT molecular complexity index is 519. The molecule has 6 nitrogen and oxygen atoms in total. The molecule has 3 N–H and O–H groups in total. The molecule has 1 saturated carbocycles. The van der Waals surface area contributed by atoms with E-state index in [4.69, 9.17) is 5.11 Å². The van der Waals surface area contributed by atoms with Crippen LogP contribution in [0.15, 0.2) is 29.4 Å². The van der Waals surface area contributed by atoms with E-state index in [9.17, 15) is 9.59 Å². The van der Waals surface area contributed by atoms with Gasteiger partial charge in [-0.1, -0.05) is 31.4 Å². The fourth-order valence-corrected chi connectivity index (χ4v) is 2.34. The normalized spacial score (nSPS) is 15.8. The number of hydrogen-bond acceptors (Lipinski definition) is 3. The van der Waals surface area contributed by atoms with Crippen LogP contribution in [0.2, 0.25) is 0 Å². The predicted molar refractivity (Wildman–Crippen MR) is 79.5 cm³/mol. The zero-order valence-electron chi connectivity index (χ0n) is 11.7. The van der Waals surface area contributed by atoms with E-state index in [1.165, 1.54) is 24.8 Å². The molecular formula is C15H19N3O3. The number of carbonyl (C=O) groups excluding carboxylic acids is 1. The molecule has 1 aromatic rings. The Morgan fingerprint density at radius 1 is 1.14 bits per heavy atom. The van der Waals surface area contributed by atoms with Gasteiger partial charge in [0.25, 0.3) is 0 Å². The summed E-state index contributed by atoms with van der Waals surface area (Å²) in [5, 5.41) is 15.5. The average Bonchev–Trinajstić information content (AvgIpc) is 2.49. The van der Waals surface area contributed by atoms with Crippen LogP contribution in [0.3, 0.4) is 0 Å². The summed E-state index contributed by atoms with van der Waals surface area (Å²) < 4.78 is 0. The standard InChI is InChI=1S/C15H19N3O3/c19-14(20)12-8-6-11(7-9-12)10-16-18-15(21)17-13-4-2-1-3-5-13/h6-10,13H,1-5H2,(H,19,20)(H2,17,18,21). The second kappa shape index (κ2) is 7.42. The van der Waals surface area contributed by atoms with Crippen molar-refractivity contribution in [1.82, 2.24) is 10.7 Å². The van der Waals surface area contributed by atoms with E-state index in [1.807, 2.05) is 0 Å². The number of nitrogens with zero attached hydrogens (tertiary/aromatic N) is 1. The minimum Gasteiger partial charge on any atom is -0.478 e. The highest BCUT2D eigenvalue weighted by Crippen LogP contribution is 2.17. The van der Waals surface area contributed by atoms with E-state index in [1.54, 1.807) is 12.1 Å². The van der Waals surface area contributed by atoms with E-state index < -0.39 is 5.97 Å². The van der Waals surface area contributed by atoms with E-state index in [0.29, 0.717) is 0 Å². The van der Waals surface area contributed by atoms with Crippen LogP contribution >= 0.6 is 0 Å². The van der Waals surface area contributed by atoms with Crippen molar-refractivity contribution in [2.75, 3.05) is 0 Å². The third-order valence-corrected chi connectivity index (χ3v) is 3.48. The van der Waals surface area contributed by atoms with E-state index in [-0.39, 0.29) is 17.6 Å². The quantitative estimate of drug-likeness (QED) is 0.587. The number of hydrazone groups is 1. The summed E-state index contributed by atoms with van der Waals surface area (Å²) in [5.41, 5.74) is 3.36. The number of rotatable bonds is 4. The summed E-state index contributed by atoms with van der Waals surface area (Å²) >= 11 is 0. The lowest BCUT2D eigenvalue weighted by atomic mass is 9.96. The Morgan fingerprint density at radius 2 is 1.81 bits per heavy atom. The van der Waals surface area contributed by atoms with Crippen LogP contribution in [-0.2, 0) is 0 Å². The van der Waals surface area contributed by atoms with Crippen LogP contribution < -0.4 is 10.7 Å². The van der Waals surface area contributed by atoms with Gasteiger partial charge in [0.05, 0.1) is 11.8 Å². The summed E-state index contributed by atoms with van der Waals surface area (Å²) in [6.07, 6.45) is 7.08. The molecule has 0 aromatic heterocycles. The summed E-state index contributed by atoms with van der Waals surface area (Å²) in [7, 11) is 0. The molecule has 0 radical (unpaired) electrons. The molecule has 1 fully saturated rings. The van der Waals surface area contributed by atoms with Gasteiger partial charge in [-0.2, -0.15) is 5.10 Å². The highest BCUT2D eigenvalue weighted by atomic mass is 16.4. The molecule has 0 unspecified atom stereocenters. The zero-order chi connectivity index (χ0) is 15.1. The third kappa shape index (κ3) is 4.91. The predicted octanol–water partition coefficient (Wildman–Crippen LogP) is 2.35. The molecule has 1 aromatic carbocycles. The van der Waals surface area contributed by atoms with Crippen molar-refractivity contribution in [3.63, 3.8) is 0 Å². The van der Waals surface area contributed by atoms with Crippen LogP contribution in [0.1, 0.15) is 48.0 Å². The fraction of sp³-hybridized carbons (Fsp3) is 0.400. The van der Waals surface area contributed by atoms with Crippen LogP contribution in [0.5, 0.6) is 0 Å². The first-order chi connectivity index (χ1) is 10.1. The Morgan fingerprint density at radius 3 is 2.43 bits per heavy atom. The lowest BCUT2D eigenvalue weighted by Gasteiger charge is -2.22. The van der Waals surface area contributed by atoms with Gasteiger partial charge in [0.1, 0.15) is 0 Å². The molecule has 0 aliphatic heterocycles. The first kappa shape index (κ1) is 15.0. The number of carboxylic acids is 1. The first-order valence-electron chi connectivity index (χ1n) is 7.08. The molecule has 0 heterocycles. The van der Waals surface area contributed by atoms with E-state index in [2.05, 4.69) is 15.8 Å². The van der Waals surface area contributed by atoms with Gasteiger partial charge < -0.3 is 10.4 Å². The maximum absolute atomic E-state index is 11.6. The Labute approximate surface area is 123 Å². The summed E-state index contributed by atoms with van der Waals surface area (Å²) in [6, 6.07) is 6.18. The number of aromatic carboxylic acids is 1. The van der Waals surface area contributed by atoms with Crippen LogP contribution in [0.25, 0.3) is 0 Å². The molecule has 21 heavy (non-hydrogen) atoms. The zero-order valence-corrected chi connectivity index (χ0v) is 11.7. The number of amides is 2. The number of carboxylic acid groups (broad SMARTS) is 1. The van der Waals surface area contributed by atoms with Crippen molar-refractivity contribution in [2.45, 2.75) is 38.1 Å². The fourth-order valence-electron chi connectivity index (χ4n) is 2.34. The largest absolute Gasteiger partial charge is 0.478 e. The maximum atomic E-state index is 11.6. The SMILES string of the molecule is O=C(NN=Cc1ccc(C(=O)O)cc1)NC1CCCCC1. The van der Waals surface area contributed by atoms with E-state index >= 15 is 0 Å². The van der Waals surface area contributed by atoms with Gasteiger partial charge in [0, 0.05) is 6.04 Å². The number of nitrogens with one attached hydrogen (secondary N) is 2. The maximum Gasteiger partial charge on any atom is 0.335 e. The summed E-state index contributed by atoms with van der Waals surface area (Å²) in [6.45, 7) is 0. The summed E-state index contributed by atoms with van der Waals surface area (Å²) in [4.78, 5) is 22.3. The topological polar surface area (TPSA) is 90.8 Å². The minimum atomic E-state index is -0.969. The smallest absolute Gasteiger partial charge is 0.335 e. The molecule has 2 rings (SSSR count). The van der Waals surface area contributed by atoms with Gasteiger partial charge >= 0.3 is 12.0 Å². The second-order valence-corrected chi connectivity index (χ2v) is 5.11. The van der Waals surface area contributed by atoms with Crippen LogP contribution in [0.4, 0.5) is 4.79 Å². The van der Waals surface area contributed by atoms with Crippen LogP contribution in [-0.4, -0.2) is 29.4 Å². The Hall–Kier alpha value is -2.37. The Balaban J connectivity index is 1.78. The van der Waals surface area contributed by atoms with Gasteiger partial charge in [0.2, 0.25) is 0 Å². The number of urea groups is 1. The van der Waals surface area contributed by atoms with Crippen LogP contribution in [0, 0.1) is 0 Å². The Kier molecular flexibility index (Phi) is 5.31. The van der Waals surface area contributed by atoms with Crippen molar-refractivity contribution < 1.29 is 14.7 Å². The first-order valence-corrected chi connectivity index (χ1v) is 7.08. The average molecular weight is 289 g/mol. The monoisotopic (exact) mass is 289 g/mol. The third-order valence-electron chi connectivity index (χ3n) is 3.48. The highest BCUT2D eigenvalue weighted by Gasteiger charge is 2.14. The van der Waals surface area contributed by atoms with Crippen molar-refractivity contribution in [2.24, 2.45) is 5.10 Å². The van der Waals surface area contributed by atoms with Gasteiger partial charge in [-0.05, 0) is 30.5 Å². The highest BCUT2D eigenvalue weighted by molar-refractivity contribution is 5.89. The molecule has 112 valence electrons. The molecule has 0 saturated heterocycles. The van der Waals surface area contributed by atoms with Gasteiger partial charge in [-0.15, -0.1) is 0 Å². The van der Waals surface area contributed by atoms with Gasteiger partial charge in [-0.3, -0.25) is 0 Å². The molecule has 0 atom stereocenters. The molecule has 2 amide bonds. The molecule has 6 heteroatoms. The molecule has 1 aliphatic rings. The number of benzene rings is 1. The van der Waals surface area contributed by atoms with Crippen molar-refractivity contribution in [3.05, 3.63) is 35.4 Å².